The van der Waals surface area contributed by atoms with E-state index < -0.39 is 6.15 Å². The molecule has 3 rings (SSSR count). The summed E-state index contributed by atoms with van der Waals surface area (Å²) >= 11 is 0. The average Bonchev–Trinajstić information content (AvgIpc) is 2.61. The van der Waals surface area contributed by atoms with Gasteiger partial charge in [0.05, 0.1) is 34.3 Å². The maximum absolute atomic E-state index is 2.39. The zero-order valence-electron chi connectivity index (χ0n) is 19.0. The third kappa shape index (κ3) is 5.84. The molecule has 0 aliphatic carbocycles. The van der Waals surface area contributed by atoms with Crippen LogP contribution in [0.2, 0.25) is 6.82 Å². The van der Waals surface area contributed by atoms with Crippen molar-refractivity contribution in [1.29, 1.82) is 0 Å². The van der Waals surface area contributed by atoms with Crippen LogP contribution < -0.4 is 16.4 Å². The van der Waals surface area contributed by atoms with Crippen LogP contribution in [-0.4, -0.2) is 38.8 Å². The second-order valence-electron chi connectivity index (χ2n) is 9.71. The summed E-state index contributed by atoms with van der Waals surface area (Å²) in [5.74, 6) is 0. The van der Waals surface area contributed by atoms with Crippen molar-refractivity contribution >= 4 is 22.5 Å². The summed E-state index contributed by atoms with van der Waals surface area (Å²) in [5.41, 5.74) is 8.09. The molecule has 0 aromatic heterocycles. The molecule has 0 fully saturated rings. The molecule has 1 nitrogen and oxygen atoms in total. The number of quaternary nitrogens is 1. The molecule has 0 N–H and O–H groups in total. The van der Waals surface area contributed by atoms with Crippen molar-refractivity contribution in [3.8, 4) is 0 Å². The molecule has 0 radical (unpaired) electrons. The number of benzene rings is 3. The van der Waals surface area contributed by atoms with E-state index in [-0.39, 0.29) is 0 Å². The van der Waals surface area contributed by atoms with Crippen LogP contribution >= 0.6 is 0 Å². The standard InChI is InChI=1S/C22H24B.C4H12N/c1-17-5-11-20(12-6-17)23(4,21-13-7-18(2)8-14-21)22-15-9-19(3)10-16-22;1-5(2,3)4/h5-16H,1-4H3;1-4H3/q-1;+1. The Balaban J connectivity index is 0.000000500. The van der Waals surface area contributed by atoms with Crippen molar-refractivity contribution in [2.24, 2.45) is 0 Å². The van der Waals surface area contributed by atoms with Gasteiger partial charge in [0.2, 0.25) is 0 Å². The van der Waals surface area contributed by atoms with Crippen molar-refractivity contribution in [3.05, 3.63) is 89.5 Å². The molecule has 0 bridgehead atoms. The second kappa shape index (κ2) is 8.79. The highest BCUT2D eigenvalue weighted by atomic mass is 15.2. The maximum atomic E-state index is 2.39. The number of hydrogen-bond donors (Lipinski definition) is 0. The molecule has 0 aliphatic rings. The van der Waals surface area contributed by atoms with Crippen LogP contribution in [0.4, 0.5) is 0 Å². The number of aryl methyl sites for hydroxylation is 3. The predicted molar refractivity (Wildman–Crippen MR) is 128 cm³/mol. The molecule has 0 heterocycles. The first-order chi connectivity index (χ1) is 13.0. The first-order valence-corrected chi connectivity index (χ1v) is 10.2. The molecule has 0 saturated heterocycles. The fourth-order valence-electron chi connectivity index (χ4n) is 3.43. The lowest BCUT2D eigenvalue weighted by molar-refractivity contribution is -0.849. The molecule has 148 valence electrons. The number of rotatable bonds is 3. The van der Waals surface area contributed by atoms with E-state index in [1.165, 1.54) is 33.1 Å². The van der Waals surface area contributed by atoms with Crippen LogP contribution in [0.1, 0.15) is 16.7 Å². The highest BCUT2D eigenvalue weighted by molar-refractivity contribution is 7.10. The third-order valence-electron chi connectivity index (χ3n) is 5.23. The smallest absolute Gasteiger partial charge is 0.0787 e. The third-order valence-corrected chi connectivity index (χ3v) is 5.23. The van der Waals surface area contributed by atoms with E-state index in [0.29, 0.717) is 0 Å². The Hall–Kier alpha value is -2.32. The number of nitrogens with zero attached hydrogens (tertiary/aromatic N) is 1. The molecule has 0 aliphatic heterocycles. The summed E-state index contributed by atoms with van der Waals surface area (Å²) in [6, 6.07) is 27.0. The molecule has 0 amide bonds. The van der Waals surface area contributed by atoms with E-state index in [2.05, 4.69) is 129 Å². The minimum atomic E-state index is -0.955. The van der Waals surface area contributed by atoms with Crippen molar-refractivity contribution in [2.45, 2.75) is 27.6 Å². The molecular weight excluding hydrogens is 337 g/mol. The summed E-state index contributed by atoms with van der Waals surface area (Å²) in [6.07, 6.45) is -0.955. The van der Waals surface area contributed by atoms with Crippen LogP contribution in [0.3, 0.4) is 0 Å². The molecule has 2 heteroatoms. The zero-order chi connectivity index (χ0) is 20.9. The quantitative estimate of drug-likeness (QED) is 0.480. The van der Waals surface area contributed by atoms with Crippen molar-refractivity contribution < 1.29 is 4.48 Å². The SMILES string of the molecule is C[N+](C)(C)C.Cc1ccc([B-](C)(c2ccc(C)cc2)c2ccc(C)cc2)cc1. The summed E-state index contributed by atoms with van der Waals surface area (Å²) in [7, 11) is 8.50. The average molecular weight is 373 g/mol. The summed E-state index contributed by atoms with van der Waals surface area (Å²) in [4.78, 5) is 0. The lowest BCUT2D eigenvalue weighted by atomic mass is 9.17. The highest BCUT2D eigenvalue weighted by Crippen LogP contribution is 2.10. The normalized spacial score (nSPS) is 11.6. The molecule has 28 heavy (non-hydrogen) atoms. The van der Waals surface area contributed by atoms with Crippen LogP contribution in [0, 0.1) is 20.8 Å². The van der Waals surface area contributed by atoms with Crippen LogP contribution in [-0.2, 0) is 0 Å². The maximum Gasteiger partial charge on any atom is 0.0787 e. The van der Waals surface area contributed by atoms with Gasteiger partial charge in [-0.05, 0) is 20.8 Å². The Labute approximate surface area is 172 Å². The van der Waals surface area contributed by atoms with Gasteiger partial charge in [-0.25, -0.2) is 16.4 Å². The molecule has 0 unspecified atom stereocenters. The van der Waals surface area contributed by atoms with Crippen molar-refractivity contribution in [3.63, 3.8) is 0 Å². The fourth-order valence-corrected chi connectivity index (χ4v) is 3.43. The Morgan fingerprint density at radius 1 is 0.464 bits per heavy atom. The molecule has 3 aromatic carbocycles. The van der Waals surface area contributed by atoms with E-state index in [1.807, 2.05) is 0 Å². The summed E-state index contributed by atoms with van der Waals surface area (Å²) in [6.45, 7) is 8.82. The van der Waals surface area contributed by atoms with Gasteiger partial charge in [0.1, 0.15) is 0 Å². The van der Waals surface area contributed by atoms with Gasteiger partial charge in [0.25, 0.3) is 0 Å². The van der Waals surface area contributed by atoms with Gasteiger partial charge < -0.3 is 4.48 Å². The lowest BCUT2D eigenvalue weighted by Gasteiger charge is -2.39. The Morgan fingerprint density at radius 2 is 0.643 bits per heavy atom. The van der Waals surface area contributed by atoms with Crippen molar-refractivity contribution in [1.82, 2.24) is 0 Å². The zero-order valence-corrected chi connectivity index (χ0v) is 19.0. The molecule has 3 aromatic rings. The highest BCUT2D eigenvalue weighted by Gasteiger charge is 2.24. The molecule has 0 saturated carbocycles. The van der Waals surface area contributed by atoms with E-state index in [4.69, 9.17) is 0 Å². The first-order valence-electron chi connectivity index (χ1n) is 10.2. The molecular formula is C26H36BN. The van der Waals surface area contributed by atoms with E-state index in [1.54, 1.807) is 0 Å². The Morgan fingerprint density at radius 3 is 0.821 bits per heavy atom. The van der Waals surface area contributed by atoms with Gasteiger partial charge in [-0.2, -0.15) is 6.82 Å². The van der Waals surface area contributed by atoms with Gasteiger partial charge in [0.15, 0.2) is 0 Å². The topological polar surface area (TPSA) is 0 Å². The van der Waals surface area contributed by atoms with E-state index in [0.717, 1.165) is 4.48 Å². The Kier molecular flexibility index (Phi) is 6.90. The minimum absolute atomic E-state index is 0.955. The van der Waals surface area contributed by atoms with Crippen molar-refractivity contribution in [2.75, 3.05) is 28.2 Å². The van der Waals surface area contributed by atoms with Crippen LogP contribution in [0.15, 0.2) is 72.8 Å². The van der Waals surface area contributed by atoms with Gasteiger partial charge in [-0.3, -0.25) is 0 Å². The van der Waals surface area contributed by atoms with E-state index in [9.17, 15) is 0 Å². The van der Waals surface area contributed by atoms with Gasteiger partial charge in [-0.15, -0.1) is 0 Å². The Bertz CT molecular complexity index is 753. The monoisotopic (exact) mass is 373 g/mol. The lowest BCUT2D eigenvalue weighted by Crippen LogP contribution is -2.64. The second-order valence-corrected chi connectivity index (χ2v) is 9.71. The van der Waals surface area contributed by atoms with Crippen LogP contribution in [0.5, 0.6) is 0 Å². The summed E-state index contributed by atoms with van der Waals surface area (Å²) < 4.78 is 1.00. The minimum Gasteiger partial charge on any atom is -0.333 e. The predicted octanol–water partition coefficient (Wildman–Crippen LogP) is 4.03. The first kappa shape index (κ1) is 22.0. The fraction of sp³-hybridized carbons (Fsp3) is 0.308. The molecule has 0 atom stereocenters. The summed E-state index contributed by atoms with van der Waals surface area (Å²) in [5, 5.41) is 0. The van der Waals surface area contributed by atoms with E-state index >= 15 is 0 Å². The largest absolute Gasteiger partial charge is 0.333 e. The number of hydrogen-bond acceptors (Lipinski definition) is 0. The van der Waals surface area contributed by atoms with Gasteiger partial charge >= 0.3 is 0 Å². The molecule has 0 spiro atoms. The van der Waals surface area contributed by atoms with Gasteiger partial charge in [-0.1, -0.05) is 89.5 Å². The van der Waals surface area contributed by atoms with Gasteiger partial charge in [0, 0.05) is 0 Å². The van der Waals surface area contributed by atoms with Crippen LogP contribution in [0.25, 0.3) is 0 Å².